The summed E-state index contributed by atoms with van der Waals surface area (Å²) in [5.41, 5.74) is 0.117. The van der Waals surface area contributed by atoms with E-state index in [1.165, 1.54) is 12.1 Å². The van der Waals surface area contributed by atoms with Crippen LogP contribution in [0.25, 0.3) is 0 Å². The quantitative estimate of drug-likeness (QED) is 0.726. The van der Waals surface area contributed by atoms with Gasteiger partial charge in [-0.3, -0.25) is 4.90 Å². The van der Waals surface area contributed by atoms with Crippen molar-refractivity contribution < 1.29 is 13.2 Å². The minimum absolute atomic E-state index is 0.173. The van der Waals surface area contributed by atoms with Crippen LogP contribution >= 0.6 is 0 Å². The summed E-state index contributed by atoms with van der Waals surface area (Å²) < 4.78 is 37.7. The maximum Gasteiger partial charge on any atom is 0.416 e. The van der Waals surface area contributed by atoms with Gasteiger partial charge in [-0.2, -0.15) is 13.2 Å². The number of benzene rings is 1. The highest BCUT2D eigenvalue weighted by Gasteiger charge is 2.30. The van der Waals surface area contributed by atoms with Crippen molar-refractivity contribution in [1.29, 1.82) is 0 Å². The van der Waals surface area contributed by atoms with E-state index in [9.17, 15) is 13.2 Å². The normalized spacial score (nSPS) is 13.7. The molecule has 1 aromatic rings. The van der Waals surface area contributed by atoms with Crippen LogP contribution in [0.4, 0.5) is 13.2 Å². The van der Waals surface area contributed by atoms with Crippen LogP contribution in [-0.2, 0) is 12.6 Å². The van der Waals surface area contributed by atoms with Crippen LogP contribution in [0.1, 0.15) is 18.1 Å². The lowest BCUT2D eigenvalue weighted by Crippen LogP contribution is -2.30. The van der Waals surface area contributed by atoms with Crippen LogP contribution in [0.5, 0.6) is 0 Å². The number of hydrogen-bond acceptors (Lipinski definition) is 1. The molecule has 1 rings (SSSR count). The predicted molar refractivity (Wildman–Crippen MR) is 67.4 cm³/mol. The Morgan fingerprint density at radius 2 is 2.06 bits per heavy atom. The number of alkyl halides is 3. The van der Waals surface area contributed by atoms with Crippen molar-refractivity contribution in [3.63, 3.8) is 0 Å². The first-order valence-corrected chi connectivity index (χ1v) is 5.82. The van der Waals surface area contributed by atoms with E-state index in [1.807, 2.05) is 18.9 Å². The summed E-state index contributed by atoms with van der Waals surface area (Å²) >= 11 is 0. The molecule has 0 radical (unpaired) electrons. The molecule has 0 bridgehead atoms. The number of likely N-dealkylation sites (N-methyl/N-ethyl adjacent to an activating group) is 1. The molecular formula is C14H18F3N. The summed E-state index contributed by atoms with van der Waals surface area (Å²) in [6, 6.07) is 5.68. The van der Waals surface area contributed by atoms with Crippen LogP contribution in [0, 0.1) is 0 Å². The fraction of sp³-hybridized carbons (Fsp3) is 0.429. The van der Waals surface area contributed by atoms with Crippen LogP contribution in [0.2, 0.25) is 0 Å². The molecule has 1 unspecified atom stereocenters. The Labute approximate surface area is 106 Å². The van der Waals surface area contributed by atoms with Crippen molar-refractivity contribution >= 4 is 0 Å². The van der Waals surface area contributed by atoms with Gasteiger partial charge in [0.15, 0.2) is 0 Å². The molecule has 0 aliphatic carbocycles. The van der Waals surface area contributed by atoms with E-state index in [-0.39, 0.29) is 6.04 Å². The lowest BCUT2D eigenvalue weighted by Gasteiger charge is -2.23. The van der Waals surface area contributed by atoms with Gasteiger partial charge < -0.3 is 0 Å². The zero-order valence-electron chi connectivity index (χ0n) is 10.7. The Morgan fingerprint density at radius 3 is 2.61 bits per heavy atom. The highest BCUT2D eigenvalue weighted by molar-refractivity contribution is 5.26. The molecule has 0 fully saturated rings. The Kier molecular flexibility index (Phi) is 4.96. The predicted octanol–water partition coefficient (Wildman–Crippen LogP) is 3.75. The van der Waals surface area contributed by atoms with Gasteiger partial charge in [0.1, 0.15) is 0 Å². The first-order chi connectivity index (χ1) is 8.34. The Hall–Kier alpha value is -1.29. The van der Waals surface area contributed by atoms with E-state index in [2.05, 4.69) is 6.58 Å². The summed E-state index contributed by atoms with van der Waals surface area (Å²) in [7, 11) is 1.93. The third-order valence-corrected chi connectivity index (χ3v) is 2.95. The van der Waals surface area contributed by atoms with Gasteiger partial charge in [0, 0.05) is 12.6 Å². The smallest absolute Gasteiger partial charge is 0.300 e. The van der Waals surface area contributed by atoms with E-state index >= 15 is 0 Å². The first kappa shape index (κ1) is 14.8. The molecule has 4 heteroatoms. The van der Waals surface area contributed by atoms with Gasteiger partial charge in [-0.05, 0) is 32.0 Å². The van der Waals surface area contributed by atoms with E-state index in [0.29, 0.717) is 12.0 Å². The van der Waals surface area contributed by atoms with Crippen LogP contribution in [0.3, 0.4) is 0 Å². The molecular weight excluding hydrogens is 239 g/mol. The summed E-state index contributed by atoms with van der Waals surface area (Å²) in [6.45, 7) is 6.36. The van der Waals surface area contributed by atoms with E-state index in [1.54, 1.807) is 12.1 Å². The van der Waals surface area contributed by atoms with E-state index < -0.39 is 11.7 Å². The standard InChI is InChI=1S/C14H18F3N/c1-4-8-18(3)11(2)9-12-6-5-7-13(10-12)14(15,16)17/h4-7,10-11H,1,8-9H2,2-3H3. The molecule has 1 atom stereocenters. The van der Waals surface area contributed by atoms with Crippen LogP contribution in [0.15, 0.2) is 36.9 Å². The second kappa shape index (κ2) is 6.05. The molecule has 100 valence electrons. The van der Waals surface area contributed by atoms with Crippen molar-refractivity contribution in [2.75, 3.05) is 13.6 Å². The molecule has 0 N–H and O–H groups in total. The van der Waals surface area contributed by atoms with Crippen LogP contribution < -0.4 is 0 Å². The number of halogens is 3. The van der Waals surface area contributed by atoms with Crippen molar-refractivity contribution in [2.45, 2.75) is 25.6 Å². The second-order valence-corrected chi connectivity index (χ2v) is 4.48. The van der Waals surface area contributed by atoms with Gasteiger partial charge in [0.05, 0.1) is 5.56 Å². The lowest BCUT2D eigenvalue weighted by molar-refractivity contribution is -0.137. The fourth-order valence-electron chi connectivity index (χ4n) is 1.76. The average Bonchev–Trinajstić information content (AvgIpc) is 2.28. The Balaban J connectivity index is 2.76. The number of rotatable bonds is 5. The fourth-order valence-corrected chi connectivity index (χ4v) is 1.76. The monoisotopic (exact) mass is 257 g/mol. The van der Waals surface area contributed by atoms with E-state index in [4.69, 9.17) is 0 Å². The van der Waals surface area contributed by atoms with Gasteiger partial charge in [0.25, 0.3) is 0 Å². The number of nitrogens with zero attached hydrogens (tertiary/aromatic N) is 1. The van der Waals surface area contributed by atoms with Gasteiger partial charge in [-0.15, -0.1) is 6.58 Å². The zero-order valence-corrected chi connectivity index (χ0v) is 10.7. The minimum atomic E-state index is -4.27. The SMILES string of the molecule is C=CCN(C)C(C)Cc1cccc(C(F)(F)F)c1. The maximum atomic E-state index is 12.6. The molecule has 0 aromatic heterocycles. The Bertz CT molecular complexity index is 398. The first-order valence-electron chi connectivity index (χ1n) is 5.82. The molecule has 0 aliphatic heterocycles. The van der Waals surface area contributed by atoms with Crippen molar-refractivity contribution in [3.05, 3.63) is 48.0 Å². The minimum Gasteiger partial charge on any atom is -0.300 e. The summed E-state index contributed by atoms with van der Waals surface area (Å²) in [5, 5.41) is 0. The van der Waals surface area contributed by atoms with Gasteiger partial charge in [-0.25, -0.2) is 0 Å². The highest BCUT2D eigenvalue weighted by Crippen LogP contribution is 2.29. The summed E-state index contributed by atoms with van der Waals surface area (Å²) in [6.07, 6.45) is -1.90. The molecule has 0 aliphatic rings. The van der Waals surface area contributed by atoms with Gasteiger partial charge in [-0.1, -0.05) is 24.3 Å². The van der Waals surface area contributed by atoms with Gasteiger partial charge in [0.2, 0.25) is 0 Å². The molecule has 0 amide bonds. The molecule has 18 heavy (non-hydrogen) atoms. The largest absolute Gasteiger partial charge is 0.416 e. The third-order valence-electron chi connectivity index (χ3n) is 2.95. The molecule has 0 saturated heterocycles. The molecule has 0 saturated carbocycles. The Morgan fingerprint density at radius 1 is 1.39 bits per heavy atom. The van der Waals surface area contributed by atoms with E-state index in [0.717, 1.165) is 12.6 Å². The summed E-state index contributed by atoms with van der Waals surface area (Å²) in [5.74, 6) is 0. The molecule has 1 nitrogen and oxygen atoms in total. The molecule has 1 aromatic carbocycles. The molecule has 0 spiro atoms. The number of hydrogen-bond donors (Lipinski definition) is 0. The van der Waals surface area contributed by atoms with Gasteiger partial charge >= 0.3 is 6.18 Å². The second-order valence-electron chi connectivity index (χ2n) is 4.48. The summed E-state index contributed by atoms with van der Waals surface area (Å²) in [4.78, 5) is 2.05. The molecule has 0 heterocycles. The third kappa shape index (κ3) is 4.18. The van der Waals surface area contributed by atoms with Crippen molar-refractivity contribution in [1.82, 2.24) is 4.90 Å². The topological polar surface area (TPSA) is 3.24 Å². The van der Waals surface area contributed by atoms with Crippen molar-refractivity contribution in [2.24, 2.45) is 0 Å². The zero-order chi connectivity index (χ0) is 13.8. The highest BCUT2D eigenvalue weighted by atomic mass is 19.4. The van der Waals surface area contributed by atoms with Crippen LogP contribution in [-0.4, -0.2) is 24.5 Å². The average molecular weight is 257 g/mol. The maximum absolute atomic E-state index is 12.6. The van der Waals surface area contributed by atoms with Crippen molar-refractivity contribution in [3.8, 4) is 0 Å². The lowest BCUT2D eigenvalue weighted by atomic mass is 10.0.